The second-order valence-corrected chi connectivity index (χ2v) is 5.82. The fourth-order valence-electron chi connectivity index (χ4n) is 2.92. The van der Waals surface area contributed by atoms with Crippen molar-refractivity contribution in [2.75, 3.05) is 13.1 Å². The van der Waals surface area contributed by atoms with Gasteiger partial charge in [0.25, 0.3) is 0 Å². The van der Waals surface area contributed by atoms with Gasteiger partial charge in [-0.3, -0.25) is 4.79 Å². The molecule has 2 heterocycles. The molecule has 2 atom stereocenters. The van der Waals surface area contributed by atoms with Crippen LogP contribution < -0.4 is 11.1 Å². The van der Waals surface area contributed by atoms with E-state index in [4.69, 9.17) is 10.5 Å². The molecule has 1 aliphatic heterocycles. The Hall–Kier alpha value is -1.99. The maximum atomic E-state index is 13.3. The zero-order valence-corrected chi connectivity index (χ0v) is 13.1. The lowest BCUT2D eigenvalue weighted by Gasteiger charge is -2.12. The Morgan fingerprint density at radius 2 is 2.35 bits per heavy atom. The number of nitrogens with two attached hydrogens (primary N) is 1. The summed E-state index contributed by atoms with van der Waals surface area (Å²) in [4.78, 5) is 16.5. The highest BCUT2D eigenvalue weighted by atomic mass is 19.1. The lowest BCUT2D eigenvalue weighted by atomic mass is 10.2. The van der Waals surface area contributed by atoms with Gasteiger partial charge >= 0.3 is 0 Å². The lowest BCUT2D eigenvalue weighted by molar-refractivity contribution is -0.131. The van der Waals surface area contributed by atoms with Gasteiger partial charge in [-0.2, -0.15) is 0 Å². The maximum Gasteiger partial charge on any atom is 0.249 e. The number of aromatic nitrogens is 2. The second-order valence-electron chi connectivity index (χ2n) is 5.82. The third-order valence-corrected chi connectivity index (χ3v) is 4.25. The predicted molar refractivity (Wildman–Crippen MR) is 84.3 cm³/mol. The smallest absolute Gasteiger partial charge is 0.249 e. The Kier molecular flexibility index (Phi) is 4.58. The van der Waals surface area contributed by atoms with Crippen LogP contribution in [0.5, 0.6) is 0 Å². The van der Waals surface area contributed by atoms with Crippen molar-refractivity contribution < 1.29 is 13.9 Å². The summed E-state index contributed by atoms with van der Waals surface area (Å²) in [6, 6.07) is 4.52. The molecule has 0 saturated carbocycles. The SMILES string of the molecule is Cn1c(CCNC(=O)[C@@H]2CC[C@H](CN)O2)nc2ccc(F)cc21. The first kappa shape index (κ1) is 15.9. The number of imidazole rings is 1. The van der Waals surface area contributed by atoms with Crippen LogP contribution in [0.4, 0.5) is 4.39 Å². The van der Waals surface area contributed by atoms with Gasteiger partial charge in [-0.25, -0.2) is 9.37 Å². The monoisotopic (exact) mass is 320 g/mol. The van der Waals surface area contributed by atoms with Crippen molar-refractivity contribution in [1.82, 2.24) is 14.9 Å². The average molecular weight is 320 g/mol. The number of amides is 1. The third kappa shape index (κ3) is 3.35. The summed E-state index contributed by atoms with van der Waals surface area (Å²) in [6.07, 6.45) is 1.69. The molecule has 23 heavy (non-hydrogen) atoms. The zero-order chi connectivity index (χ0) is 16.4. The van der Waals surface area contributed by atoms with E-state index in [1.165, 1.54) is 12.1 Å². The Labute approximate surface area is 133 Å². The summed E-state index contributed by atoms with van der Waals surface area (Å²) in [6.45, 7) is 0.909. The minimum Gasteiger partial charge on any atom is -0.364 e. The molecule has 0 bridgehead atoms. The molecular formula is C16H21FN4O2. The van der Waals surface area contributed by atoms with E-state index in [2.05, 4.69) is 10.3 Å². The Morgan fingerprint density at radius 1 is 1.52 bits per heavy atom. The van der Waals surface area contributed by atoms with E-state index in [0.29, 0.717) is 25.9 Å². The topological polar surface area (TPSA) is 82.2 Å². The minimum atomic E-state index is -0.405. The number of ether oxygens (including phenoxy) is 1. The first-order chi connectivity index (χ1) is 11.1. The first-order valence-corrected chi connectivity index (χ1v) is 7.82. The van der Waals surface area contributed by atoms with Gasteiger partial charge in [0.1, 0.15) is 17.7 Å². The fourth-order valence-corrected chi connectivity index (χ4v) is 2.92. The van der Waals surface area contributed by atoms with Crippen molar-refractivity contribution in [3.8, 4) is 0 Å². The highest BCUT2D eigenvalue weighted by Gasteiger charge is 2.29. The summed E-state index contributed by atoms with van der Waals surface area (Å²) in [5.74, 6) is 0.414. The van der Waals surface area contributed by atoms with Crippen LogP contribution in [-0.4, -0.2) is 40.8 Å². The maximum absolute atomic E-state index is 13.3. The Balaban J connectivity index is 1.57. The number of halogens is 1. The number of carbonyl (C=O) groups is 1. The molecule has 0 spiro atoms. The van der Waals surface area contributed by atoms with Crippen LogP contribution in [0.2, 0.25) is 0 Å². The molecule has 6 nitrogen and oxygen atoms in total. The molecule has 0 radical (unpaired) electrons. The van der Waals surface area contributed by atoms with Gasteiger partial charge in [0.15, 0.2) is 0 Å². The molecule has 1 fully saturated rings. The van der Waals surface area contributed by atoms with Gasteiger partial charge in [0, 0.05) is 26.6 Å². The summed E-state index contributed by atoms with van der Waals surface area (Å²) in [5.41, 5.74) is 7.04. The van der Waals surface area contributed by atoms with Gasteiger partial charge in [-0.15, -0.1) is 0 Å². The van der Waals surface area contributed by atoms with Gasteiger partial charge in [0.2, 0.25) is 5.91 Å². The van der Waals surface area contributed by atoms with Crippen molar-refractivity contribution >= 4 is 16.9 Å². The molecular weight excluding hydrogens is 299 g/mol. The number of nitrogens with zero attached hydrogens (tertiary/aromatic N) is 2. The molecule has 3 N–H and O–H groups in total. The molecule has 7 heteroatoms. The van der Waals surface area contributed by atoms with Crippen LogP contribution in [0.1, 0.15) is 18.7 Å². The summed E-state index contributed by atoms with van der Waals surface area (Å²) in [5, 5.41) is 2.87. The minimum absolute atomic E-state index is 0.0134. The van der Waals surface area contributed by atoms with Crippen LogP contribution in [0.15, 0.2) is 18.2 Å². The molecule has 0 aliphatic carbocycles. The predicted octanol–water partition coefficient (Wildman–Crippen LogP) is 0.877. The van der Waals surface area contributed by atoms with Crippen molar-refractivity contribution in [2.24, 2.45) is 12.8 Å². The van der Waals surface area contributed by atoms with Gasteiger partial charge in [-0.05, 0) is 31.0 Å². The number of carbonyl (C=O) groups excluding carboxylic acids is 1. The first-order valence-electron chi connectivity index (χ1n) is 7.82. The summed E-state index contributed by atoms with van der Waals surface area (Å²) in [7, 11) is 1.85. The van der Waals surface area contributed by atoms with E-state index in [1.807, 2.05) is 11.6 Å². The van der Waals surface area contributed by atoms with Crippen molar-refractivity contribution in [2.45, 2.75) is 31.5 Å². The Morgan fingerprint density at radius 3 is 3.09 bits per heavy atom. The number of aryl methyl sites for hydroxylation is 1. The van der Waals surface area contributed by atoms with Crippen molar-refractivity contribution in [3.05, 3.63) is 29.8 Å². The molecule has 3 rings (SSSR count). The van der Waals surface area contributed by atoms with E-state index in [0.717, 1.165) is 23.3 Å². The van der Waals surface area contributed by atoms with Crippen LogP contribution in [0.25, 0.3) is 11.0 Å². The summed E-state index contributed by atoms with van der Waals surface area (Å²) < 4.78 is 20.7. The highest BCUT2D eigenvalue weighted by Crippen LogP contribution is 2.19. The zero-order valence-electron chi connectivity index (χ0n) is 13.1. The van der Waals surface area contributed by atoms with Crippen molar-refractivity contribution in [1.29, 1.82) is 0 Å². The molecule has 1 aromatic heterocycles. The quantitative estimate of drug-likeness (QED) is 0.857. The largest absolute Gasteiger partial charge is 0.364 e. The standard InChI is InChI=1S/C16H21FN4O2/c1-21-13-8-10(17)2-4-12(13)20-15(21)6-7-19-16(22)14-5-3-11(9-18)23-14/h2,4,8,11,14H,3,5-7,9,18H2,1H3,(H,19,22)/t11-,14+/m1/s1. The van der Waals surface area contributed by atoms with Crippen LogP contribution in [0, 0.1) is 5.82 Å². The van der Waals surface area contributed by atoms with E-state index in [1.54, 1.807) is 6.07 Å². The molecule has 124 valence electrons. The third-order valence-electron chi connectivity index (χ3n) is 4.25. The van der Waals surface area contributed by atoms with Crippen LogP contribution in [-0.2, 0) is 23.0 Å². The van der Waals surface area contributed by atoms with Gasteiger partial charge < -0.3 is 20.4 Å². The lowest BCUT2D eigenvalue weighted by Crippen LogP contribution is -2.36. The molecule has 1 amide bonds. The molecule has 0 unspecified atom stereocenters. The molecule has 2 aromatic rings. The van der Waals surface area contributed by atoms with E-state index in [-0.39, 0.29) is 17.8 Å². The van der Waals surface area contributed by atoms with Gasteiger partial charge in [0.05, 0.1) is 17.1 Å². The van der Waals surface area contributed by atoms with Crippen LogP contribution >= 0.6 is 0 Å². The van der Waals surface area contributed by atoms with E-state index in [9.17, 15) is 9.18 Å². The number of fused-ring (bicyclic) bond motifs is 1. The number of nitrogens with one attached hydrogen (secondary N) is 1. The Bertz CT molecular complexity index is 715. The number of benzene rings is 1. The molecule has 1 saturated heterocycles. The van der Waals surface area contributed by atoms with Crippen molar-refractivity contribution in [3.63, 3.8) is 0 Å². The van der Waals surface area contributed by atoms with E-state index < -0.39 is 6.10 Å². The second kappa shape index (κ2) is 6.64. The number of hydrogen-bond acceptors (Lipinski definition) is 4. The number of rotatable bonds is 5. The highest BCUT2D eigenvalue weighted by molar-refractivity contribution is 5.81. The average Bonchev–Trinajstić information content (AvgIpc) is 3.14. The molecule has 1 aromatic carbocycles. The van der Waals surface area contributed by atoms with E-state index >= 15 is 0 Å². The summed E-state index contributed by atoms with van der Waals surface area (Å²) >= 11 is 0. The normalized spacial score (nSPS) is 21.0. The number of hydrogen-bond donors (Lipinski definition) is 2. The van der Waals surface area contributed by atoms with Crippen LogP contribution in [0.3, 0.4) is 0 Å². The van der Waals surface area contributed by atoms with Gasteiger partial charge in [-0.1, -0.05) is 0 Å². The molecule has 1 aliphatic rings. The fraction of sp³-hybridized carbons (Fsp3) is 0.500.